The largest absolute Gasteiger partial charge is 0.494 e. The van der Waals surface area contributed by atoms with Crippen molar-refractivity contribution in [2.24, 2.45) is 0 Å². The number of benzene rings is 2. The minimum Gasteiger partial charge on any atom is -0.494 e. The van der Waals surface area contributed by atoms with Gasteiger partial charge in [0, 0.05) is 17.3 Å². The lowest BCUT2D eigenvalue weighted by Gasteiger charge is -2.12. The maximum Gasteiger partial charge on any atom is 0.273 e. The summed E-state index contributed by atoms with van der Waals surface area (Å²) >= 11 is 11.5. The number of ether oxygens (including phenoxy) is 1. The van der Waals surface area contributed by atoms with Crippen LogP contribution in [0.2, 0.25) is 5.02 Å². The summed E-state index contributed by atoms with van der Waals surface area (Å²) in [5, 5.41) is 22.1. The van der Waals surface area contributed by atoms with Crippen LogP contribution in [0.4, 0.5) is 17.1 Å². The highest BCUT2D eigenvalue weighted by Crippen LogP contribution is 2.29. The molecule has 10 heteroatoms. The smallest absolute Gasteiger partial charge is 0.273 e. The summed E-state index contributed by atoms with van der Waals surface area (Å²) in [6, 6.07) is 11.8. The lowest BCUT2D eigenvalue weighted by molar-refractivity contribution is -0.384. The van der Waals surface area contributed by atoms with Gasteiger partial charge in [0.05, 0.1) is 42.2 Å². The Morgan fingerprint density at radius 3 is 2.82 bits per heavy atom. The van der Waals surface area contributed by atoms with Crippen LogP contribution in [0, 0.1) is 10.1 Å². The average Bonchev–Trinajstić information content (AvgIpc) is 3.10. The van der Waals surface area contributed by atoms with Gasteiger partial charge >= 0.3 is 0 Å². The quantitative estimate of drug-likeness (QED) is 0.350. The standard InChI is InChI=1S/C18H16ClN5O3S/c1-27-17-8-14(24(25)26)6-7-16(17)22-18(28)21-13-9-20-23(11-13)10-12-4-2-3-5-15(12)19/h2-9,11H,10H2,1H3,(H2,21,22,28). The van der Waals surface area contributed by atoms with Gasteiger partial charge in [0.2, 0.25) is 0 Å². The average molecular weight is 418 g/mol. The SMILES string of the molecule is COc1cc([N+](=O)[O-])ccc1NC(=S)Nc1cnn(Cc2ccccc2Cl)c1. The molecular formula is C18H16ClN5O3S. The van der Waals surface area contributed by atoms with Crippen LogP contribution in [0.15, 0.2) is 54.9 Å². The maximum atomic E-state index is 10.9. The Bertz CT molecular complexity index is 1020. The van der Waals surface area contributed by atoms with Gasteiger partial charge in [-0.25, -0.2) is 0 Å². The first-order chi connectivity index (χ1) is 13.5. The second-order valence-electron chi connectivity index (χ2n) is 5.74. The van der Waals surface area contributed by atoms with Gasteiger partial charge in [0.1, 0.15) is 5.75 Å². The number of thiocarbonyl (C=S) groups is 1. The highest BCUT2D eigenvalue weighted by atomic mass is 35.5. The summed E-state index contributed by atoms with van der Waals surface area (Å²) in [5.41, 5.74) is 2.08. The summed E-state index contributed by atoms with van der Waals surface area (Å²) < 4.78 is 6.92. The molecule has 0 saturated carbocycles. The zero-order valence-electron chi connectivity index (χ0n) is 14.8. The van der Waals surface area contributed by atoms with Crippen molar-refractivity contribution in [2.75, 3.05) is 17.7 Å². The highest BCUT2D eigenvalue weighted by molar-refractivity contribution is 7.80. The fraction of sp³-hybridized carbons (Fsp3) is 0.111. The van der Waals surface area contributed by atoms with Crippen molar-refractivity contribution in [1.82, 2.24) is 9.78 Å². The third kappa shape index (κ3) is 4.76. The number of hydrogen-bond acceptors (Lipinski definition) is 5. The van der Waals surface area contributed by atoms with Crippen LogP contribution >= 0.6 is 23.8 Å². The van der Waals surface area contributed by atoms with E-state index in [0.29, 0.717) is 33.8 Å². The van der Waals surface area contributed by atoms with Crippen molar-refractivity contribution in [3.63, 3.8) is 0 Å². The van der Waals surface area contributed by atoms with E-state index in [-0.39, 0.29) is 5.69 Å². The monoisotopic (exact) mass is 417 g/mol. The first kappa shape index (κ1) is 19.6. The number of nitrogens with zero attached hydrogens (tertiary/aromatic N) is 3. The fourth-order valence-electron chi connectivity index (χ4n) is 2.50. The van der Waals surface area contributed by atoms with Crippen LogP contribution in [-0.4, -0.2) is 26.9 Å². The molecule has 0 saturated heterocycles. The highest BCUT2D eigenvalue weighted by Gasteiger charge is 2.12. The van der Waals surface area contributed by atoms with E-state index in [2.05, 4.69) is 15.7 Å². The first-order valence-corrected chi connectivity index (χ1v) is 8.91. The lowest BCUT2D eigenvalue weighted by Crippen LogP contribution is -2.19. The molecule has 1 aromatic heterocycles. The molecular weight excluding hydrogens is 402 g/mol. The van der Waals surface area contributed by atoms with E-state index >= 15 is 0 Å². The number of aromatic nitrogens is 2. The number of nitro benzene ring substituents is 1. The molecule has 3 rings (SSSR count). The topological polar surface area (TPSA) is 94.2 Å². The van der Waals surface area contributed by atoms with Gasteiger partial charge < -0.3 is 15.4 Å². The molecule has 0 aliphatic heterocycles. The van der Waals surface area contributed by atoms with Crippen molar-refractivity contribution >= 4 is 46.0 Å². The summed E-state index contributed by atoms with van der Waals surface area (Å²) in [4.78, 5) is 10.4. The molecule has 28 heavy (non-hydrogen) atoms. The Balaban J connectivity index is 1.65. The molecule has 1 heterocycles. The van der Waals surface area contributed by atoms with Gasteiger partial charge in [-0.1, -0.05) is 29.8 Å². The Morgan fingerprint density at radius 1 is 1.32 bits per heavy atom. The van der Waals surface area contributed by atoms with Crippen molar-refractivity contribution in [2.45, 2.75) is 6.54 Å². The van der Waals surface area contributed by atoms with Crippen LogP contribution in [0.3, 0.4) is 0 Å². The lowest BCUT2D eigenvalue weighted by atomic mass is 10.2. The van der Waals surface area contributed by atoms with E-state index in [1.54, 1.807) is 17.1 Å². The van der Waals surface area contributed by atoms with Gasteiger partial charge in [-0.05, 0) is 29.9 Å². The summed E-state index contributed by atoms with van der Waals surface area (Å²) in [6.07, 6.45) is 3.43. The molecule has 144 valence electrons. The van der Waals surface area contributed by atoms with Crippen LogP contribution in [0.5, 0.6) is 5.75 Å². The molecule has 0 radical (unpaired) electrons. The Labute approximate surface area is 171 Å². The minimum absolute atomic E-state index is 0.0675. The molecule has 0 spiro atoms. The van der Waals surface area contributed by atoms with Gasteiger partial charge in [-0.3, -0.25) is 14.8 Å². The predicted molar refractivity (Wildman–Crippen MR) is 112 cm³/mol. The Hall–Kier alpha value is -3.17. The van der Waals surface area contributed by atoms with Crippen molar-refractivity contribution in [3.05, 3.63) is 75.6 Å². The number of non-ortho nitro benzene ring substituents is 1. The molecule has 0 aliphatic carbocycles. The van der Waals surface area contributed by atoms with Gasteiger partial charge in [0.25, 0.3) is 5.69 Å². The number of hydrogen-bond donors (Lipinski definition) is 2. The van der Waals surface area contributed by atoms with Crippen molar-refractivity contribution in [3.8, 4) is 5.75 Å². The summed E-state index contributed by atoms with van der Waals surface area (Å²) in [5.74, 6) is 0.313. The van der Waals surface area contributed by atoms with Crippen molar-refractivity contribution in [1.29, 1.82) is 0 Å². The van der Waals surface area contributed by atoms with Gasteiger partial charge in [-0.15, -0.1) is 0 Å². The molecule has 0 fully saturated rings. The van der Waals surface area contributed by atoms with E-state index in [9.17, 15) is 10.1 Å². The zero-order valence-corrected chi connectivity index (χ0v) is 16.3. The number of halogens is 1. The molecule has 0 aliphatic rings. The van der Waals surface area contributed by atoms with Crippen LogP contribution < -0.4 is 15.4 Å². The van der Waals surface area contributed by atoms with Crippen LogP contribution in [-0.2, 0) is 6.54 Å². The summed E-state index contributed by atoms with van der Waals surface area (Å²) in [6.45, 7) is 0.526. The van der Waals surface area contributed by atoms with E-state index < -0.39 is 4.92 Å². The molecule has 0 unspecified atom stereocenters. The molecule has 3 aromatic rings. The third-order valence-corrected chi connectivity index (χ3v) is 4.40. The summed E-state index contributed by atoms with van der Waals surface area (Å²) in [7, 11) is 1.43. The van der Waals surface area contributed by atoms with Gasteiger partial charge in [-0.2, -0.15) is 5.10 Å². The zero-order chi connectivity index (χ0) is 20.1. The molecule has 0 atom stereocenters. The number of nitro groups is 1. The third-order valence-electron chi connectivity index (χ3n) is 3.83. The van der Waals surface area contributed by atoms with Crippen LogP contribution in [0.1, 0.15) is 5.56 Å². The number of nitrogens with one attached hydrogen (secondary N) is 2. The number of anilines is 2. The van der Waals surface area contributed by atoms with E-state index in [0.717, 1.165) is 5.56 Å². The Kier molecular flexibility index (Phi) is 6.07. The predicted octanol–water partition coefficient (Wildman–Crippen LogP) is 4.31. The molecule has 2 N–H and O–H groups in total. The maximum absolute atomic E-state index is 10.9. The van der Waals surface area contributed by atoms with Crippen molar-refractivity contribution < 1.29 is 9.66 Å². The van der Waals surface area contributed by atoms with E-state index in [1.165, 1.54) is 25.3 Å². The Morgan fingerprint density at radius 2 is 2.11 bits per heavy atom. The van der Waals surface area contributed by atoms with Crippen LogP contribution in [0.25, 0.3) is 0 Å². The molecule has 2 aromatic carbocycles. The molecule has 0 amide bonds. The minimum atomic E-state index is -0.490. The van der Waals surface area contributed by atoms with Gasteiger partial charge in [0.15, 0.2) is 5.11 Å². The second-order valence-corrected chi connectivity index (χ2v) is 6.55. The second kappa shape index (κ2) is 8.68. The molecule has 8 nitrogen and oxygen atoms in total. The fourth-order valence-corrected chi connectivity index (χ4v) is 2.92. The first-order valence-electron chi connectivity index (χ1n) is 8.12. The number of methoxy groups -OCH3 is 1. The molecule has 0 bridgehead atoms. The normalized spacial score (nSPS) is 10.4. The number of rotatable bonds is 6. The van der Waals surface area contributed by atoms with E-state index in [4.69, 9.17) is 28.6 Å². The van der Waals surface area contributed by atoms with E-state index in [1.807, 2.05) is 24.3 Å².